The first kappa shape index (κ1) is 25.4. The zero-order valence-electron chi connectivity index (χ0n) is 20.8. The molecule has 7 nitrogen and oxygen atoms in total. The van der Waals surface area contributed by atoms with Gasteiger partial charge in [-0.1, -0.05) is 18.2 Å². The third-order valence-electron chi connectivity index (χ3n) is 6.78. The maximum Gasteiger partial charge on any atom is 0.416 e. The average molecular weight is 500 g/mol. The summed E-state index contributed by atoms with van der Waals surface area (Å²) in [5.74, 6) is -0.00566. The van der Waals surface area contributed by atoms with Crippen LogP contribution in [0, 0.1) is 6.92 Å². The van der Waals surface area contributed by atoms with Crippen LogP contribution in [0.5, 0.6) is 0 Å². The van der Waals surface area contributed by atoms with E-state index in [1.165, 1.54) is 26.2 Å². The standard InChI is InChI=1S/C26H28F3N5O2/c1-15-19(7-6-8-21(15)26(27,28)29)16(2)31-24-20-13-22(18-9-11-34(12-10-18)17(3)35)33(5)25(36)23(20)32(4)14-30-24/h6-9,13-14,16H,10-12H2,1-5H3/b31-24-/t16-/m1/s1. The number of aromatic nitrogens is 3. The van der Waals surface area contributed by atoms with Crippen LogP contribution in [-0.2, 0) is 25.1 Å². The number of amides is 1. The molecule has 36 heavy (non-hydrogen) atoms. The van der Waals surface area contributed by atoms with Crippen molar-refractivity contribution in [1.29, 1.82) is 0 Å². The van der Waals surface area contributed by atoms with Gasteiger partial charge in [-0.05, 0) is 49.1 Å². The minimum Gasteiger partial charge on any atom is -0.339 e. The third kappa shape index (κ3) is 4.59. The first-order valence-corrected chi connectivity index (χ1v) is 11.6. The molecule has 0 N–H and O–H groups in total. The summed E-state index contributed by atoms with van der Waals surface area (Å²) in [4.78, 5) is 35.9. The number of nitrogens with zero attached hydrogens (tertiary/aromatic N) is 5. The van der Waals surface area contributed by atoms with Gasteiger partial charge >= 0.3 is 6.18 Å². The van der Waals surface area contributed by atoms with Crippen molar-refractivity contribution >= 4 is 22.4 Å². The highest BCUT2D eigenvalue weighted by molar-refractivity contribution is 5.82. The second-order valence-electron chi connectivity index (χ2n) is 9.10. The second kappa shape index (κ2) is 9.40. The van der Waals surface area contributed by atoms with Gasteiger partial charge < -0.3 is 14.0 Å². The fraction of sp³-hybridized carbons (Fsp3) is 0.385. The summed E-state index contributed by atoms with van der Waals surface area (Å²) < 4.78 is 43.5. The highest BCUT2D eigenvalue weighted by atomic mass is 19.4. The molecule has 0 saturated carbocycles. The van der Waals surface area contributed by atoms with E-state index in [1.54, 1.807) is 41.1 Å². The van der Waals surface area contributed by atoms with E-state index in [-0.39, 0.29) is 22.5 Å². The molecular weight excluding hydrogens is 471 g/mol. The lowest BCUT2D eigenvalue weighted by Crippen LogP contribution is -2.33. The number of halogens is 3. The van der Waals surface area contributed by atoms with E-state index in [1.807, 2.05) is 12.1 Å². The van der Waals surface area contributed by atoms with Gasteiger partial charge in [-0.3, -0.25) is 14.6 Å². The van der Waals surface area contributed by atoms with Crippen molar-refractivity contribution in [2.24, 2.45) is 19.1 Å². The lowest BCUT2D eigenvalue weighted by molar-refractivity contribution is -0.138. The van der Waals surface area contributed by atoms with Crippen LogP contribution in [0.15, 0.2) is 46.5 Å². The van der Waals surface area contributed by atoms with Gasteiger partial charge in [-0.2, -0.15) is 13.2 Å². The molecule has 2 aromatic heterocycles. The van der Waals surface area contributed by atoms with Crippen LogP contribution in [-0.4, -0.2) is 38.0 Å². The lowest BCUT2D eigenvalue weighted by Gasteiger charge is -2.26. The molecule has 0 unspecified atom stereocenters. The smallest absolute Gasteiger partial charge is 0.339 e. The Labute approximate surface area is 206 Å². The van der Waals surface area contributed by atoms with Gasteiger partial charge in [0, 0.05) is 39.8 Å². The predicted molar refractivity (Wildman–Crippen MR) is 131 cm³/mol. The second-order valence-corrected chi connectivity index (χ2v) is 9.10. The molecular formula is C26H28F3N5O2. The largest absolute Gasteiger partial charge is 0.416 e. The summed E-state index contributed by atoms with van der Waals surface area (Å²) >= 11 is 0. The lowest BCUT2D eigenvalue weighted by atomic mass is 9.97. The average Bonchev–Trinajstić information content (AvgIpc) is 2.82. The van der Waals surface area contributed by atoms with E-state index in [2.05, 4.69) is 9.98 Å². The number of aryl methyl sites for hydroxylation is 1. The van der Waals surface area contributed by atoms with Crippen LogP contribution in [0.25, 0.3) is 16.5 Å². The predicted octanol–water partition coefficient (Wildman–Crippen LogP) is 3.90. The molecule has 4 rings (SSSR count). The zero-order chi connectivity index (χ0) is 26.4. The Hall–Kier alpha value is -3.69. The fourth-order valence-electron chi connectivity index (χ4n) is 4.73. The van der Waals surface area contributed by atoms with E-state index in [4.69, 9.17) is 0 Å². The Bertz CT molecular complexity index is 1510. The molecule has 0 bridgehead atoms. The normalized spacial score (nSPS) is 15.8. The molecule has 1 aliphatic rings. The summed E-state index contributed by atoms with van der Waals surface area (Å²) in [7, 11) is 3.41. The van der Waals surface area contributed by atoms with Crippen molar-refractivity contribution in [3.05, 3.63) is 74.9 Å². The number of rotatable bonds is 3. The van der Waals surface area contributed by atoms with Gasteiger partial charge in [0.1, 0.15) is 5.52 Å². The van der Waals surface area contributed by atoms with Crippen LogP contribution in [0.4, 0.5) is 13.2 Å². The monoisotopic (exact) mass is 499 g/mol. The van der Waals surface area contributed by atoms with Gasteiger partial charge in [-0.15, -0.1) is 0 Å². The summed E-state index contributed by atoms with van der Waals surface area (Å²) in [6.07, 6.45) is -0.443. The SMILES string of the molecule is CC(=O)N1CC=C(c2cc3/c(=N/[C@H](C)c4cccc(C(F)(F)F)c4C)ncn(C)c3c(=O)n2C)CC1. The third-order valence-corrected chi connectivity index (χ3v) is 6.78. The Morgan fingerprint density at radius 1 is 1.22 bits per heavy atom. The highest BCUT2D eigenvalue weighted by Gasteiger charge is 2.33. The van der Waals surface area contributed by atoms with Gasteiger partial charge in [0.15, 0.2) is 5.49 Å². The summed E-state index contributed by atoms with van der Waals surface area (Å²) in [5, 5.41) is 0.518. The number of hydrogen-bond donors (Lipinski definition) is 0. The van der Waals surface area contributed by atoms with Gasteiger partial charge in [0.05, 0.1) is 23.3 Å². The molecule has 1 aromatic carbocycles. The number of carbonyl (C=O) groups is 1. The van der Waals surface area contributed by atoms with Crippen molar-refractivity contribution in [2.75, 3.05) is 13.1 Å². The molecule has 1 atom stereocenters. The van der Waals surface area contributed by atoms with Gasteiger partial charge in [-0.25, -0.2) is 4.98 Å². The minimum absolute atomic E-state index is 0.00566. The van der Waals surface area contributed by atoms with E-state index in [0.717, 1.165) is 11.6 Å². The maximum absolute atomic E-state index is 13.4. The molecule has 0 radical (unpaired) electrons. The van der Waals surface area contributed by atoms with Crippen molar-refractivity contribution < 1.29 is 18.0 Å². The number of carbonyl (C=O) groups excluding carboxylic acids is 1. The molecule has 1 amide bonds. The Balaban J connectivity index is 1.89. The van der Waals surface area contributed by atoms with Crippen LogP contribution in [0.2, 0.25) is 0 Å². The molecule has 3 aromatic rings. The van der Waals surface area contributed by atoms with Crippen LogP contribution < -0.4 is 11.0 Å². The summed E-state index contributed by atoms with van der Waals surface area (Å²) in [6.45, 7) is 5.69. The zero-order valence-corrected chi connectivity index (χ0v) is 20.8. The molecule has 0 fully saturated rings. The molecule has 0 saturated heterocycles. The van der Waals surface area contributed by atoms with E-state index < -0.39 is 17.8 Å². The number of hydrogen-bond acceptors (Lipinski definition) is 4. The quantitative estimate of drug-likeness (QED) is 0.549. The molecule has 10 heteroatoms. The Morgan fingerprint density at radius 3 is 2.56 bits per heavy atom. The molecule has 0 aliphatic carbocycles. The first-order chi connectivity index (χ1) is 16.9. The molecule has 190 valence electrons. The molecule has 0 spiro atoms. The summed E-state index contributed by atoms with van der Waals surface area (Å²) in [6, 6.07) is 5.29. The van der Waals surface area contributed by atoms with Gasteiger partial charge in [0.2, 0.25) is 5.91 Å². The van der Waals surface area contributed by atoms with E-state index >= 15 is 0 Å². The fourth-order valence-corrected chi connectivity index (χ4v) is 4.73. The Morgan fingerprint density at radius 2 is 1.94 bits per heavy atom. The highest BCUT2D eigenvalue weighted by Crippen LogP contribution is 2.35. The first-order valence-electron chi connectivity index (χ1n) is 11.6. The number of fused-ring (bicyclic) bond motifs is 1. The maximum atomic E-state index is 13.4. The van der Waals surface area contributed by atoms with Crippen molar-refractivity contribution in [2.45, 2.75) is 39.4 Å². The van der Waals surface area contributed by atoms with Crippen molar-refractivity contribution in [3.8, 4) is 0 Å². The number of benzene rings is 1. The van der Waals surface area contributed by atoms with Crippen molar-refractivity contribution in [1.82, 2.24) is 19.0 Å². The molecule has 1 aliphatic heterocycles. The van der Waals surface area contributed by atoms with Crippen LogP contribution >= 0.6 is 0 Å². The van der Waals surface area contributed by atoms with Crippen LogP contribution in [0.1, 0.15) is 48.7 Å². The summed E-state index contributed by atoms with van der Waals surface area (Å²) in [5.41, 5.74) is 1.94. The Kier molecular flexibility index (Phi) is 6.64. The van der Waals surface area contributed by atoms with E-state index in [9.17, 15) is 22.8 Å². The van der Waals surface area contributed by atoms with E-state index in [0.29, 0.717) is 41.7 Å². The minimum atomic E-state index is -4.46. The van der Waals surface area contributed by atoms with Gasteiger partial charge in [0.25, 0.3) is 5.56 Å². The van der Waals surface area contributed by atoms with Crippen LogP contribution in [0.3, 0.4) is 0 Å². The number of alkyl halides is 3. The molecule has 3 heterocycles. The van der Waals surface area contributed by atoms with Crippen molar-refractivity contribution in [3.63, 3.8) is 0 Å². The number of pyridine rings is 1. The topological polar surface area (TPSA) is 72.5 Å².